The summed E-state index contributed by atoms with van der Waals surface area (Å²) in [5.74, 6) is -0.111. The van der Waals surface area contributed by atoms with Gasteiger partial charge in [-0.05, 0) is 25.5 Å². The topological polar surface area (TPSA) is 66.5 Å². The van der Waals surface area contributed by atoms with Gasteiger partial charge in [-0.1, -0.05) is 0 Å². The first kappa shape index (κ1) is 14.3. The molecule has 0 bridgehead atoms. The Morgan fingerprint density at radius 2 is 2.24 bits per heavy atom. The molecular formula is C15H22N4O2. The second-order valence-electron chi connectivity index (χ2n) is 5.57. The van der Waals surface area contributed by atoms with E-state index in [9.17, 15) is 4.79 Å². The summed E-state index contributed by atoms with van der Waals surface area (Å²) in [6, 6.07) is 3.94. The number of carbonyl (C=O) groups is 1. The molecule has 2 saturated heterocycles. The summed E-state index contributed by atoms with van der Waals surface area (Å²) in [5, 5.41) is 6.31. The summed E-state index contributed by atoms with van der Waals surface area (Å²) in [5.41, 5.74) is 2.52. The van der Waals surface area contributed by atoms with E-state index in [2.05, 4.69) is 20.5 Å². The Morgan fingerprint density at radius 3 is 2.90 bits per heavy atom. The fourth-order valence-electron chi connectivity index (χ4n) is 2.83. The molecule has 0 radical (unpaired) electrons. The SMILES string of the molecule is Cc1nc(C(=O)NC2CCOC2)ccc1N1CCNCC1. The normalized spacial score (nSPS) is 22.3. The number of amides is 1. The minimum absolute atomic E-state index is 0.111. The van der Waals surface area contributed by atoms with Crippen molar-refractivity contribution in [2.24, 2.45) is 0 Å². The highest BCUT2D eigenvalue weighted by molar-refractivity contribution is 5.92. The van der Waals surface area contributed by atoms with Gasteiger partial charge in [-0.15, -0.1) is 0 Å². The molecular weight excluding hydrogens is 268 g/mol. The van der Waals surface area contributed by atoms with Crippen LogP contribution in [-0.2, 0) is 4.74 Å². The van der Waals surface area contributed by atoms with Gasteiger partial charge < -0.3 is 20.3 Å². The number of ether oxygens (including phenoxy) is 1. The Hall–Kier alpha value is -1.66. The number of aryl methyl sites for hydroxylation is 1. The zero-order chi connectivity index (χ0) is 14.7. The van der Waals surface area contributed by atoms with Crippen LogP contribution in [0.1, 0.15) is 22.6 Å². The number of carbonyl (C=O) groups excluding carboxylic acids is 1. The molecule has 0 saturated carbocycles. The maximum atomic E-state index is 12.2. The summed E-state index contributed by atoms with van der Waals surface area (Å²) in [4.78, 5) is 19.0. The number of anilines is 1. The first-order valence-corrected chi connectivity index (χ1v) is 7.56. The quantitative estimate of drug-likeness (QED) is 0.839. The molecule has 3 rings (SSSR count). The molecule has 6 heteroatoms. The van der Waals surface area contributed by atoms with Crippen LogP contribution in [0.2, 0.25) is 0 Å². The van der Waals surface area contributed by atoms with Gasteiger partial charge in [0.1, 0.15) is 5.69 Å². The predicted molar refractivity (Wildman–Crippen MR) is 80.7 cm³/mol. The average Bonchev–Trinajstić information content (AvgIpc) is 3.01. The summed E-state index contributed by atoms with van der Waals surface area (Å²) < 4.78 is 5.27. The van der Waals surface area contributed by atoms with Gasteiger partial charge in [-0.25, -0.2) is 4.98 Å². The fourth-order valence-corrected chi connectivity index (χ4v) is 2.83. The fraction of sp³-hybridized carbons (Fsp3) is 0.600. The number of aromatic nitrogens is 1. The van der Waals surface area contributed by atoms with E-state index >= 15 is 0 Å². The number of hydrogen-bond acceptors (Lipinski definition) is 5. The molecule has 1 unspecified atom stereocenters. The molecule has 0 aromatic carbocycles. The second-order valence-corrected chi connectivity index (χ2v) is 5.57. The van der Waals surface area contributed by atoms with Crippen molar-refractivity contribution in [3.8, 4) is 0 Å². The second kappa shape index (κ2) is 6.41. The third-order valence-electron chi connectivity index (χ3n) is 4.01. The van der Waals surface area contributed by atoms with Crippen LogP contribution in [0.3, 0.4) is 0 Å². The first-order valence-electron chi connectivity index (χ1n) is 7.56. The number of pyridine rings is 1. The van der Waals surface area contributed by atoms with Gasteiger partial charge in [-0.2, -0.15) is 0 Å². The van der Waals surface area contributed by atoms with E-state index in [4.69, 9.17) is 4.74 Å². The minimum Gasteiger partial charge on any atom is -0.379 e. The summed E-state index contributed by atoms with van der Waals surface area (Å²) >= 11 is 0. The highest BCUT2D eigenvalue weighted by atomic mass is 16.5. The van der Waals surface area contributed by atoms with E-state index in [1.807, 2.05) is 19.1 Å². The summed E-state index contributed by atoms with van der Waals surface area (Å²) in [7, 11) is 0. The zero-order valence-electron chi connectivity index (χ0n) is 12.4. The van der Waals surface area contributed by atoms with Crippen LogP contribution in [0, 0.1) is 6.92 Å². The number of rotatable bonds is 3. The van der Waals surface area contributed by atoms with Crippen molar-refractivity contribution >= 4 is 11.6 Å². The lowest BCUT2D eigenvalue weighted by Crippen LogP contribution is -2.44. The largest absolute Gasteiger partial charge is 0.379 e. The van der Waals surface area contributed by atoms with Gasteiger partial charge in [0.25, 0.3) is 5.91 Å². The first-order chi connectivity index (χ1) is 10.2. The maximum absolute atomic E-state index is 12.2. The lowest BCUT2D eigenvalue weighted by molar-refractivity contribution is 0.0924. The highest BCUT2D eigenvalue weighted by Crippen LogP contribution is 2.19. The van der Waals surface area contributed by atoms with Crippen LogP contribution in [0.25, 0.3) is 0 Å². The van der Waals surface area contributed by atoms with E-state index < -0.39 is 0 Å². The van der Waals surface area contributed by atoms with Crippen molar-refractivity contribution < 1.29 is 9.53 Å². The minimum atomic E-state index is -0.111. The van der Waals surface area contributed by atoms with E-state index in [1.165, 1.54) is 0 Å². The molecule has 2 fully saturated rings. The van der Waals surface area contributed by atoms with Gasteiger partial charge in [-0.3, -0.25) is 4.79 Å². The Labute approximate surface area is 124 Å². The number of piperazine rings is 1. The van der Waals surface area contributed by atoms with Gasteiger partial charge in [0.2, 0.25) is 0 Å². The van der Waals surface area contributed by atoms with Crippen LogP contribution < -0.4 is 15.5 Å². The third kappa shape index (κ3) is 3.33. The van der Waals surface area contributed by atoms with Gasteiger partial charge in [0.05, 0.1) is 24.0 Å². The van der Waals surface area contributed by atoms with E-state index in [1.54, 1.807) is 0 Å². The molecule has 0 aliphatic carbocycles. The molecule has 3 heterocycles. The summed E-state index contributed by atoms with van der Waals surface area (Å²) in [6.45, 7) is 7.23. The number of hydrogen-bond donors (Lipinski definition) is 2. The van der Waals surface area contributed by atoms with Crippen LogP contribution in [0.15, 0.2) is 12.1 Å². The van der Waals surface area contributed by atoms with Crippen molar-refractivity contribution in [3.63, 3.8) is 0 Å². The molecule has 114 valence electrons. The molecule has 2 N–H and O–H groups in total. The molecule has 1 aromatic rings. The highest BCUT2D eigenvalue weighted by Gasteiger charge is 2.20. The number of nitrogens with one attached hydrogen (secondary N) is 2. The Bertz CT molecular complexity index is 508. The lowest BCUT2D eigenvalue weighted by Gasteiger charge is -2.30. The standard InChI is InChI=1S/C15H22N4O2/c1-11-14(19-7-5-16-6-8-19)3-2-13(17-11)15(20)18-12-4-9-21-10-12/h2-3,12,16H,4-10H2,1H3,(H,18,20). The lowest BCUT2D eigenvalue weighted by atomic mass is 10.2. The van der Waals surface area contributed by atoms with Crippen molar-refractivity contribution in [1.82, 2.24) is 15.6 Å². The van der Waals surface area contributed by atoms with Crippen molar-refractivity contribution in [2.75, 3.05) is 44.3 Å². The molecule has 0 spiro atoms. The van der Waals surface area contributed by atoms with Crippen molar-refractivity contribution in [1.29, 1.82) is 0 Å². The molecule has 2 aliphatic heterocycles. The molecule has 1 atom stereocenters. The average molecular weight is 290 g/mol. The predicted octanol–water partition coefficient (Wildman–Crippen LogP) is 0.318. The summed E-state index contributed by atoms with van der Waals surface area (Å²) in [6.07, 6.45) is 0.879. The smallest absolute Gasteiger partial charge is 0.270 e. The van der Waals surface area contributed by atoms with Gasteiger partial charge in [0.15, 0.2) is 0 Å². The molecule has 1 amide bonds. The Morgan fingerprint density at radius 1 is 1.43 bits per heavy atom. The maximum Gasteiger partial charge on any atom is 0.270 e. The van der Waals surface area contributed by atoms with E-state index in [0.717, 1.165) is 50.6 Å². The van der Waals surface area contributed by atoms with Crippen molar-refractivity contribution in [3.05, 3.63) is 23.5 Å². The van der Waals surface area contributed by atoms with Gasteiger partial charge in [0, 0.05) is 32.8 Å². The Kier molecular flexibility index (Phi) is 4.36. The van der Waals surface area contributed by atoms with Crippen LogP contribution in [0.4, 0.5) is 5.69 Å². The Balaban J connectivity index is 1.69. The monoisotopic (exact) mass is 290 g/mol. The molecule has 6 nitrogen and oxygen atoms in total. The van der Waals surface area contributed by atoms with Crippen LogP contribution >= 0.6 is 0 Å². The molecule has 2 aliphatic rings. The molecule has 21 heavy (non-hydrogen) atoms. The number of nitrogens with zero attached hydrogens (tertiary/aromatic N) is 2. The van der Waals surface area contributed by atoms with Crippen molar-refractivity contribution in [2.45, 2.75) is 19.4 Å². The van der Waals surface area contributed by atoms with Crippen LogP contribution in [-0.4, -0.2) is 56.3 Å². The molecule has 1 aromatic heterocycles. The van der Waals surface area contributed by atoms with E-state index in [-0.39, 0.29) is 11.9 Å². The zero-order valence-corrected chi connectivity index (χ0v) is 12.4. The third-order valence-corrected chi connectivity index (χ3v) is 4.01. The van der Waals surface area contributed by atoms with E-state index in [0.29, 0.717) is 12.3 Å². The van der Waals surface area contributed by atoms with Crippen LogP contribution in [0.5, 0.6) is 0 Å². The van der Waals surface area contributed by atoms with Gasteiger partial charge >= 0.3 is 0 Å².